The van der Waals surface area contributed by atoms with Crippen LogP contribution in [0.5, 0.6) is 0 Å². The van der Waals surface area contributed by atoms with E-state index < -0.39 is 11.7 Å². The summed E-state index contributed by atoms with van der Waals surface area (Å²) in [6.45, 7) is 6.33. The number of anilines is 1. The van der Waals surface area contributed by atoms with Gasteiger partial charge in [-0.1, -0.05) is 43.3 Å². The second kappa shape index (κ2) is 6.71. The molecule has 0 amide bonds. The second-order valence-electron chi connectivity index (χ2n) is 7.55. The van der Waals surface area contributed by atoms with Crippen molar-refractivity contribution in [2.24, 2.45) is 0 Å². The van der Waals surface area contributed by atoms with Crippen LogP contribution in [0.1, 0.15) is 42.5 Å². The maximum absolute atomic E-state index is 12.7. The lowest BCUT2D eigenvalue weighted by Crippen LogP contribution is -2.24. The van der Waals surface area contributed by atoms with E-state index in [9.17, 15) is 13.2 Å². The molecule has 1 fully saturated rings. The van der Waals surface area contributed by atoms with Crippen LogP contribution in [0, 0.1) is 6.92 Å². The molecule has 0 saturated carbocycles. The Bertz CT molecular complexity index is 835. The van der Waals surface area contributed by atoms with Crippen molar-refractivity contribution in [3.05, 3.63) is 70.8 Å². The minimum atomic E-state index is -4.31. The Labute approximate surface area is 158 Å². The Hall–Kier alpha value is -2.27. The molecule has 5 heteroatoms. The molecule has 1 aliphatic rings. The lowest BCUT2D eigenvalue weighted by Gasteiger charge is -2.18. The van der Waals surface area contributed by atoms with E-state index in [4.69, 9.17) is 5.73 Å². The Balaban J connectivity index is 1.78. The molecule has 2 nitrogen and oxygen atoms in total. The summed E-state index contributed by atoms with van der Waals surface area (Å²) < 4.78 is 38.1. The monoisotopic (exact) mass is 374 g/mol. The van der Waals surface area contributed by atoms with E-state index in [2.05, 4.69) is 38.2 Å². The first-order chi connectivity index (χ1) is 12.6. The summed E-state index contributed by atoms with van der Waals surface area (Å²) in [6.07, 6.45) is 1.34. The Morgan fingerprint density at radius 3 is 2.33 bits per heavy atom. The predicted octanol–water partition coefficient (Wildman–Crippen LogP) is 5.36. The summed E-state index contributed by atoms with van der Waals surface area (Å²) in [6, 6.07) is 11.2. The quantitative estimate of drug-likeness (QED) is 0.546. The average Bonchev–Trinajstić information content (AvgIpc) is 3.21. The van der Waals surface area contributed by atoms with Crippen molar-refractivity contribution in [2.45, 2.75) is 50.9 Å². The summed E-state index contributed by atoms with van der Waals surface area (Å²) >= 11 is 0. The molecular formula is C22H25F3N2. The lowest BCUT2D eigenvalue weighted by atomic mass is 9.84. The van der Waals surface area contributed by atoms with E-state index >= 15 is 0 Å². The van der Waals surface area contributed by atoms with Gasteiger partial charge in [0.1, 0.15) is 0 Å². The molecule has 0 bridgehead atoms. The van der Waals surface area contributed by atoms with Crippen molar-refractivity contribution in [3.63, 3.8) is 0 Å². The zero-order chi connectivity index (χ0) is 19.9. The van der Waals surface area contributed by atoms with Gasteiger partial charge in [0, 0.05) is 11.2 Å². The van der Waals surface area contributed by atoms with Crippen LogP contribution in [0.4, 0.5) is 18.9 Å². The summed E-state index contributed by atoms with van der Waals surface area (Å²) in [5, 5.41) is 3.59. The smallest absolute Gasteiger partial charge is 0.398 e. The summed E-state index contributed by atoms with van der Waals surface area (Å²) in [7, 11) is 0. The molecule has 1 saturated heterocycles. The van der Waals surface area contributed by atoms with E-state index in [0.29, 0.717) is 0 Å². The van der Waals surface area contributed by atoms with Crippen LogP contribution in [0.3, 0.4) is 0 Å². The number of hydrogen-bond acceptors (Lipinski definition) is 2. The van der Waals surface area contributed by atoms with Gasteiger partial charge < -0.3 is 5.73 Å². The molecule has 0 aliphatic carbocycles. The molecule has 0 aromatic heterocycles. The van der Waals surface area contributed by atoms with Gasteiger partial charge in [-0.25, -0.2) is 0 Å². The second-order valence-corrected chi connectivity index (χ2v) is 7.55. The number of nitrogens with one attached hydrogen (secondary N) is 1. The highest BCUT2D eigenvalue weighted by Crippen LogP contribution is 2.46. The summed E-state index contributed by atoms with van der Waals surface area (Å²) in [5.41, 5.74) is 9.07. The van der Waals surface area contributed by atoms with Crippen molar-refractivity contribution < 1.29 is 13.2 Å². The Morgan fingerprint density at radius 2 is 1.78 bits per heavy atom. The van der Waals surface area contributed by atoms with Gasteiger partial charge in [0.2, 0.25) is 0 Å². The first kappa shape index (κ1) is 19.5. The van der Waals surface area contributed by atoms with E-state index in [1.165, 1.54) is 17.7 Å². The molecule has 1 aliphatic heterocycles. The standard InChI is InChI=1S/C22H25F3N2/c1-4-21(13-12-16-8-10-17(11-9-16)22(23,24)25)20(3,27-21)14-18-15(2)6-5-7-19(18)26/h5-13,27H,4,14,26H2,1-3H3/b13-12+/t20?,21-/m0/s1. The van der Waals surface area contributed by atoms with Crippen molar-refractivity contribution >= 4 is 11.8 Å². The molecule has 2 aromatic carbocycles. The molecule has 144 valence electrons. The highest BCUT2D eigenvalue weighted by Gasteiger charge is 2.60. The van der Waals surface area contributed by atoms with Crippen molar-refractivity contribution in [1.82, 2.24) is 5.32 Å². The number of hydrogen-bond donors (Lipinski definition) is 2. The van der Waals surface area contributed by atoms with E-state index in [1.807, 2.05) is 18.2 Å². The number of alkyl halides is 3. The fourth-order valence-electron chi connectivity index (χ4n) is 3.83. The fourth-order valence-corrected chi connectivity index (χ4v) is 3.83. The highest BCUT2D eigenvalue weighted by molar-refractivity contribution is 5.57. The Morgan fingerprint density at radius 1 is 1.11 bits per heavy atom. The fraction of sp³-hybridized carbons (Fsp3) is 0.364. The number of nitrogens with two attached hydrogens (primary N) is 1. The molecule has 0 spiro atoms. The van der Waals surface area contributed by atoms with Crippen LogP contribution in [-0.4, -0.2) is 11.1 Å². The third-order valence-corrected chi connectivity index (χ3v) is 5.75. The topological polar surface area (TPSA) is 48.0 Å². The largest absolute Gasteiger partial charge is 0.416 e. The van der Waals surface area contributed by atoms with E-state index in [-0.39, 0.29) is 11.1 Å². The highest BCUT2D eigenvalue weighted by atomic mass is 19.4. The lowest BCUT2D eigenvalue weighted by molar-refractivity contribution is -0.137. The predicted molar refractivity (Wildman–Crippen MR) is 104 cm³/mol. The maximum Gasteiger partial charge on any atom is 0.416 e. The third kappa shape index (κ3) is 3.74. The van der Waals surface area contributed by atoms with Gasteiger partial charge in [0.05, 0.1) is 11.1 Å². The third-order valence-electron chi connectivity index (χ3n) is 5.75. The zero-order valence-corrected chi connectivity index (χ0v) is 15.8. The summed E-state index contributed by atoms with van der Waals surface area (Å²) in [4.78, 5) is 0. The first-order valence-electron chi connectivity index (χ1n) is 9.10. The number of halogens is 3. The van der Waals surface area contributed by atoms with Gasteiger partial charge in [-0.2, -0.15) is 13.2 Å². The maximum atomic E-state index is 12.7. The average molecular weight is 374 g/mol. The van der Waals surface area contributed by atoms with Crippen LogP contribution in [0.25, 0.3) is 6.08 Å². The molecule has 2 aromatic rings. The van der Waals surface area contributed by atoms with Crippen LogP contribution in [-0.2, 0) is 12.6 Å². The van der Waals surface area contributed by atoms with Crippen LogP contribution in [0.2, 0.25) is 0 Å². The molecule has 1 unspecified atom stereocenters. The SMILES string of the molecule is CC[C@@]1(/C=C/c2ccc(C(F)(F)F)cc2)NC1(C)Cc1c(C)cccc1N. The van der Waals surface area contributed by atoms with Crippen LogP contribution >= 0.6 is 0 Å². The number of rotatable bonds is 5. The van der Waals surface area contributed by atoms with Crippen molar-refractivity contribution in [1.29, 1.82) is 0 Å². The number of aryl methyl sites for hydroxylation is 1. The zero-order valence-electron chi connectivity index (χ0n) is 15.8. The van der Waals surface area contributed by atoms with Crippen molar-refractivity contribution in [3.8, 4) is 0 Å². The van der Waals surface area contributed by atoms with Gasteiger partial charge >= 0.3 is 6.18 Å². The first-order valence-corrected chi connectivity index (χ1v) is 9.10. The van der Waals surface area contributed by atoms with Gasteiger partial charge in [-0.15, -0.1) is 0 Å². The van der Waals surface area contributed by atoms with Gasteiger partial charge in [0.15, 0.2) is 0 Å². The molecule has 27 heavy (non-hydrogen) atoms. The Kier molecular flexibility index (Phi) is 4.85. The molecule has 2 atom stereocenters. The molecule has 3 rings (SSSR count). The molecule has 3 N–H and O–H groups in total. The van der Waals surface area contributed by atoms with Crippen LogP contribution < -0.4 is 11.1 Å². The van der Waals surface area contributed by atoms with E-state index in [1.54, 1.807) is 0 Å². The normalized spacial score (nSPS) is 25.1. The number of nitrogen functional groups attached to an aromatic ring is 1. The van der Waals surface area contributed by atoms with Crippen LogP contribution in [0.15, 0.2) is 48.5 Å². The molecular weight excluding hydrogens is 349 g/mol. The number of benzene rings is 2. The minimum Gasteiger partial charge on any atom is -0.398 e. The van der Waals surface area contributed by atoms with Gasteiger partial charge in [-0.3, -0.25) is 5.32 Å². The molecule has 1 heterocycles. The summed E-state index contributed by atoms with van der Waals surface area (Å²) in [5.74, 6) is 0. The van der Waals surface area contributed by atoms with Gasteiger partial charge in [-0.05, 0) is 61.6 Å². The minimum absolute atomic E-state index is 0.135. The van der Waals surface area contributed by atoms with Gasteiger partial charge in [0.25, 0.3) is 0 Å². The molecule has 0 radical (unpaired) electrons. The van der Waals surface area contributed by atoms with Crippen molar-refractivity contribution in [2.75, 3.05) is 5.73 Å². The van der Waals surface area contributed by atoms with E-state index in [0.717, 1.165) is 41.8 Å².